The van der Waals surface area contributed by atoms with Crippen LogP contribution < -0.4 is 5.32 Å². The van der Waals surface area contributed by atoms with Crippen molar-refractivity contribution in [1.82, 2.24) is 14.7 Å². The van der Waals surface area contributed by atoms with Crippen molar-refractivity contribution >= 4 is 33.6 Å². The average Bonchev–Trinajstić information content (AvgIpc) is 2.90. The van der Waals surface area contributed by atoms with Gasteiger partial charge in [0.25, 0.3) is 5.91 Å². The van der Waals surface area contributed by atoms with E-state index in [2.05, 4.69) is 26.3 Å². The fourth-order valence-corrected chi connectivity index (χ4v) is 3.69. The molecule has 0 unspecified atom stereocenters. The van der Waals surface area contributed by atoms with Gasteiger partial charge in [0, 0.05) is 35.7 Å². The van der Waals surface area contributed by atoms with E-state index in [-0.39, 0.29) is 12.0 Å². The number of hydrogen-bond acceptors (Lipinski definition) is 4. The Morgan fingerprint density at radius 1 is 1.29 bits per heavy atom. The van der Waals surface area contributed by atoms with Crippen molar-refractivity contribution in [2.75, 3.05) is 11.9 Å². The van der Waals surface area contributed by atoms with Gasteiger partial charge in [0.1, 0.15) is 11.3 Å². The largest absolute Gasteiger partial charge is 0.444 e. The summed E-state index contributed by atoms with van der Waals surface area (Å²) in [6, 6.07) is 5.68. The van der Waals surface area contributed by atoms with Crippen LogP contribution in [0.4, 0.5) is 10.5 Å². The molecule has 2 aromatic rings. The minimum absolute atomic E-state index is 0.243. The van der Waals surface area contributed by atoms with Gasteiger partial charge in [-0.1, -0.05) is 15.9 Å². The van der Waals surface area contributed by atoms with E-state index in [1.807, 2.05) is 45.9 Å². The Morgan fingerprint density at radius 2 is 2.00 bits per heavy atom. The molecule has 2 heterocycles. The summed E-state index contributed by atoms with van der Waals surface area (Å²) in [6.07, 6.45) is 0.213. The number of amides is 2. The van der Waals surface area contributed by atoms with Crippen LogP contribution in [0.1, 0.15) is 48.1 Å². The molecule has 0 saturated heterocycles. The Labute approximate surface area is 173 Å². The summed E-state index contributed by atoms with van der Waals surface area (Å²) in [7, 11) is 1.75. The predicted octanol–water partition coefficient (Wildman–Crippen LogP) is 4.04. The molecule has 0 saturated carbocycles. The number of carbonyl (C=O) groups excluding carboxylic acids is 2. The quantitative estimate of drug-likeness (QED) is 0.751. The molecular formula is C20H25BrN4O3. The number of hydrogen-bond donors (Lipinski definition) is 1. The number of nitrogens with zero attached hydrogens (tertiary/aromatic N) is 3. The van der Waals surface area contributed by atoms with Gasteiger partial charge in [0.05, 0.1) is 12.2 Å². The summed E-state index contributed by atoms with van der Waals surface area (Å²) >= 11 is 3.43. The topological polar surface area (TPSA) is 76.5 Å². The molecular weight excluding hydrogens is 424 g/mol. The Balaban J connectivity index is 1.83. The Kier molecular flexibility index (Phi) is 5.52. The first kappa shape index (κ1) is 20.4. The van der Waals surface area contributed by atoms with E-state index < -0.39 is 5.60 Å². The first-order valence-corrected chi connectivity index (χ1v) is 9.94. The lowest BCUT2D eigenvalue weighted by molar-refractivity contribution is 0.0222. The highest BCUT2D eigenvalue weighted by molar-refractivity contribution is 9.10. The van der Waals surface area contributed by atoms with Crippen molar-refractivity contribution in [1.29, 1.82) is 0 Å². The second kappa shape index (κ2) is 7.58. The van der Waals surface area contributed by atoms with E-state index in [1.165, 1.54) is 0 Å². The van der Waals surface area contributed by atoms with E-state index in [0.717, 1.165) is 27.0 Å². The van der Waals surface area contributed by atoms with Gasteiger partial charge in [-0.15, -0.1) is 0 Å². The van der Waals surface area contributed by atoms with Gasteiger partial charge in [0.2, 0.25) is 0 Å². The Morgan fingerprint density at radius 3 is 2.64 bits per heavy atom. The number of nitrogens with one attached hydrogen (secondary N) is 1. The lowest BCUT2D eigenvalue weighted by atomic mass is 10.0. The second-order valence-corrected chi connectivity index (χ2v) is 8.88. The Hall–Kier alpha value is -2.35. The van der Waals surface area contributed by atoms with Gasteiger partial charge in [-0.3, -0.25) is 9.48 Å². The molecule has 0 aliphatic carbocycles. The van der Waals surface area contributed by atoms with Crippen LogP contribution in [0.2, 0.25) is 0 Å². The van der Waals surface area contributed by atoms with Crippen LogP contribution in [-0.4, -0.2) is 38.8 Å². The molecule has 1 aromatic heterocycles. The normalized spacial score (nSPS) is 13.9. The average molecular weight is 449 g/mol. The fraction of sp³-hybridized carbons (Fsp3) is 0.450. The number of aromatic nitrogens is 2. The maximum atomic E-state index is 13.0. The monoisotopic (exact) mass is 448 g/mol. The van der Waals surface area contributed by atoms with Gasteiger partial charge in [0.15, 0.2) is 0 Å². The number of fused-ring (bicyclic) bond motifs is 1. The van der Waals surface area contributed by atoms with E-state index >= 15 is 0 Å². The number of rotatable bonds is 2. The maximum Gasteiger partial charge on any atom is 0.410 e. The standard InChI is InChI=1S/C20H25BrN4O3/c1-12-10-13(21)6-7-15(12)22-18(26)17-14-11-25(19(27)28-20(2,3)4)9-8-16(14)23-24(17)5/h6-7,10H,8-9,11H2,1-5H3,(H,22,26). The highest BCUT2D eigenvalue weighted by Gasteiger charge is 2.31. The summed E-state index contributed by atoms with van der Waals surface area (Å²) in [5.41, 5.74) is 3.21. The molecule has 150 valence electrons. The molecule has 1 aliphatic rings. The van der Waals surface area contributed by atoms with Gasteiger partial charge in [-0.05, 0) is 51.5 Å². The maximum absolute atomic E-state index is 13.0. The van der Waals surface area contributed by atoms with Crippen LogP contribution in [0.15, 0.2) is 22.7 Å². The molecule has 1 aromatic carbocycles. The minimum Gasteiger partial charge on any atom is -0.444 e. The molecule has 0 radical (unpaired) electrons. The highest BCUT2D eigenvalue weighted by atomic mass is 79.9. The highest BCUT2D eigenvalue weighted by Crippen LogP contribution is 2.26. The molecule has 0 fully saturated rings. The van der Waals surface area contributed by atoms with Crippen molar-refractivity contribution < 1.29 is 14.3 Å². The zero-order chi connectivity index (χ0) is 20.6. The lowest BCUT2D eigenvalue weighted by Crippen LogP contribution is -2.40. The van der Waals surface area contributed by atoms with Crippen molar-refractivity contribution in [3.8, 4) is 0 Å². The van der Waals surface area contributed by atoms with E-state index in [1.54, 1.807) is 16.6 Å². The smallest absolute Gasteiger partial charge is 0.410 e. The number of benzene rings is 1. The van der Waals surface area contributed by atoms with E-state index in [9.17, 15) is 9.59 Å². The van der Waals surface area contributed by atoms with Gasteiger partial charge >= 0.3 is 6.09 Å². The second-order valence-electron chi connectivity index (χ2n) is 7.96. The van der Waals surface area contributed by atoms with Crippen LogP contribution in [0, 0.1) is 6.92 Å². The SMILES string of the molecule is Cc1cc(Br)ccc1NC(=O)c1c2c(nn1C)CCN(C(=O)OC(C)(C)C)C2. The Bertz CT molecular complexity index is 930. The van der Waals surface area contributed by atoms with Crippen molar-refractivity contribution in [2.24, 2.45) is 7.05 Å². The molecule has 7 nitrogen and oxygen atoms in total. The molecule has 8 heteroatoms. The summed E-state index contributed by atoms with van der Waals surface area (Å²) in [6.45, 7) is 8.27. The molecule has 28 heavy (non-hydrogen) atoms. The van der Waals surface area contributed by atoms with Crippen LogP contribution in [0.3, 0.4) is 0 Å². The first-order chi connectivity index (χ1) is 13.0. The molecule has 0 bridgehead atoms. The van der Waals surface area contributed by atoms with Crippen LogP contribution in [0.5, 0.6) is 0 Å². The number of halogens is 1. The third kappa shape index (κ3) is 4.38. The van der Waals surface area contributed by atoms with Gasteiger partial charge < -0.3 is 15.0 Å². The van der Waals surface area contributed by atoms with Crippen molar-refractivity contribution in [2.45, 2.75) is 46.3 Å². The van der Waals surface area contributed by atoms with Gasteiger partial charge in [-0.2, -0.15) is 5.10 Å². The van der Waals surface area contributed by atoms with Gasteiger partial charge in [-0.25, -0.2) is 4.79 Å². The predicted molar refractivity (Wildman–Crippen MR) is 110 cm³/mol. The molecule has 0 spiro atoms. The lowest BCUT2D eigenvalue weighted by Gasteiger charge is -2.29. The summed E-state index contributed by atoms with van der Waals surface area (Å²) in [4.78, 5) is 27.1. The third-order valence-corrected chi connectivity index (χ3v) is 4.99. The molecule has 3 rings (SSSR count). The summed E-state index contributed by atoms with van der Waals surface area (Å²) < 4.78 is 8.02. The number of anilines is 1. The van der Waals surface area contributed by atoms with Crippen molar-refractivity contribution in [3.05, 3.63) is 45.2 Å². The van der Waals surface area contributed by atoms with E-state index in [4.69, 9.17) is 4.74 Å². The fourth-order valence-electron chi connectivity index (χ4n) is 3.22. The minimum atomic E-state index is -0.564. The molecule has 2 amide bonds. The number of carbonyl (C=O) groups is 2. The molecule has 0 atom stereocenters. The van der Waals surface area contributed by atoms with Crippen molar-refractivity contribution in [3.63, 3.8) is 0 Å². The van der Waals surface area contributed by atoms with Crippen LogP contribution in [0.25, 0.3) is 0 Å². The first-order valence-electron chi connectivity index (χ1n) is 9.15. The third-order valence-electron chi connectivity index (χ3n) is 4.50. The van der Waals surface area contributed by atoms with E-state index in [0.29, 0.717) is 25.2 Å². The zero-order valence-corrected chi connectivity index (χ0v) is 18.4. The number of ether oxygens (including phenoxy) is 1. The molecule has 1 aliphatic heterocycles. The summed E-state index contributed by atoms with van der Waals surface area (Å²) in [5.74, 6) is -0.243. The zero-order valence-electron chi connectivity index (χ0n) is 16.8. The molecule has 1 N–H and O–H groups in total. The summed E-state index contributed by atoms with van der Waals surface area (Å²) in [5, 5.41) is 7.45. The van der Waals surface area contributed by atoms with Crippen LogP contribution in [-0.2, 0) is 24.8 Å². The number of aryl methyl sites for hydroxylation is 2. The van der Waals surface area contributed by atoms with Crippen LogP contribution >= 0.6 is 15.9 Å².